The summed E-state index contributed by atoms with van der Waals surface area (Å²) in [7, 11) is 0. The molecule has 76 valence electrons. The second kappa shape index (κ2) is 6.27. The number of terminal acetylenes is 2. The highest BCUT2D eigenvalue weighted by Crippen LogP contribution is 1.99. The Morgan fingerprint density at radius 3 is 1.38 bits per heavy atom. The van der Waals surface area contributed by atoms with Gasteiger partial charge in [-0.15, -0.1) is 12.8 Å². The van der Waals surface area contributed by atoms with Crippen LogP contribution in [0.1, 0.15) is 0 Å². The molecule has 0 aromatic carbocycles. The standard InChI is InChI=1S/C10H2N2O4/c1-3-9(5-7-11(13)14)10(4-2)6-8-12(15)16/h1-2H. The van der Waals surface area contributed by atoms with Gasteiger partial charge in [-0.2, -0.15) is 0 Å². The maximum absolute atomic E-state index is 9.94. The molecule has 6 heteroatoms. The largest absolute Gasteiger partial charge is 0.296 e. The molecule has 0 aliphatic rings. The van der Waals surface area contributed by atoms with Gasteiger partial charge in [0.2, 0.25) is 0 Å². The van der Waals surface area contributed by atoms with Gasteiger partial charge in [0.1, 0.15) is 21.0 Å². The van der Waals surface area contributed by atoms with Crippen molar-refractivity contribution in [2.24, 2.45) is 0 Å². The summed E-state index contributed by atoms with van der Waals surface area (Å²) < 4.78 is 0. The van der Waals surface area contributed by atoms with Gasteiger partial charge < -0.3 is 0 Å². The van der Waals surface area contributed by atoms with E-state index in [2.05, 4.69) is 0 Å². The fourth-order valence-corrected chi connectivity index (χ4v) is 0.545. The first kappa shape index (κ1) is 12.8. The highest BCUT2D eigenvalue weighted by molar-refractivity contribution is 5.58. The van der Waals surface area contributed by atoms with Crippen LogP contribution in [0.5, 0.6) is 0 Å². The summed E-state index contributed by atoms with van der Waals surface area (Å²) in [5.74, 6) is 7.87. The van der Waals surface area contributed by atoms with Crippen LogP contribution in [-0.4, -0.2) is 9.85 Å². The van der Waals surface area contributed by atoms with Crippen LogP contribution in [0.25, 0.3) is 0 Å². The van der Waals surface area contributed by atoms with Crippen LogP contribution in [0, 0.1) is 68.8 Å². The van der Waals surface area contributed by atoms with E-state index in [0.29, 0.717) is 0 Å². The lowest BCUT2D eigenvalue weighted by Crippen LogP contribution is -1.89. The number of nitro groups is 2. The second-order valence-electron chi connectivity index (χ2n) is 2.03. The lowest BCUT2D eigenvalue weighted by atomic mass is 10.1. The van der Waals surface area contributed by atoms with Crippen LogP contribution < -0.4 is 0 Å². The Morgan fingerprint density at radius 1 is 0.875 bits per heavy atom. The first-order chi connectivity index (χ1) is 7.51. The third-order valence-corrected chi connectivity index (χ3v) is 1.08. The summed E-state index contributed by atoms with van der Waals surface area (Å²) in [6.45, 7) is 0. The zero-order valence-electron chi connectivity index (χ0n) is 7.68. The Hall–Kier alpha value is -3.22. The van der Waals surface area contributed by atoms with Gasteiger partial charge in [0, 0.05) is 11.8 Å². The van der Waals surface area contributed by atoms with E-state index in [0.717, 1.165) is 0 Å². The summed E-state index contributed by atoms with van der Waals surface area (Å²) in [5, 5.41) is 19.9. The Morgan fingerprint density at radius 2 is 1.19 bits per heavy atom. The van der Waals surface area contributed by atoms with Gasteiger partial charge in [-0.25, -0.2) is 20.2 Å². The Balaban J connectivity index is 5.50. The molecule has 0 aliphatic carbocycles. The first-order valence-corrected chi connectivity index (χ1v) is 3.50. The lowest BCUT2D eigenvalue weighted by molar-refractivity contribution is -0.379. The molecule has 0 aromatic heterocycles. The van der Waals surface area contributed by atoms with E-state index in [9.17, 15) is 20.2 Å². The normalized spacial score (nSPS) is 8.88. The molecule has 0 saturated carbocycles. The minimum Gasteiger partial charge on any atom is -0.249 e. The van der Waals surface area contributed by atoms with Crippen molar-refractivity contribution in [2.75, 3.05) is 0 Å². The fourth-order valence-electron chi connectivity index (χ4n) is 0.545. The summed E-state index contributed by atoms with van der Waals surface area (Å²) in [5.41, 5.74) is -0.484. The second-order valence-corrected chi connectivity index (χ2v) is 2.03. The van der Waals surface area contributed by atoms with Crippen molar-refractivity contribution in [1.29, 1.82) is 0 Å². The molecule has 16 heavy (non-hydrogen) atoms. The van der Waals surface area contributed by atoms with E-state index in [-0.39, 0.29) is 11.1 Å². The number of rotatable bonds is 0. The van der Waals surface area contributed by atoms with Crippen molar-refractivity contribution >= 4 is 0 Å². The quantitative estimate of drug-likeness (QED) is 0.246. The van der Waals surface area contributed by atoms with Gasteiger partial charge in [-0.1, -0.05) is 11.8 Å². The molecule has 0 saturated heterocycles. The summed E-state index contributed by atoms with van der Waals surface area (Å²) >= 11 is 0. The molecule has 0 spiro atoms. The highest BCUT2D eigenvalue weighted by atomic mass is 16.6. The third-order valence-electron chi connectivity index (χ3n) is 1.08. The predicted octanol–water partition coefficient (Wildman–Crippen LogP) is 0.0246. The van der Waals surface area contributed by atoms with E-state index in [4.69, 9.17) is 12.8 Å². The lowest BCUT2D eigenvalue weighted by Gasteiger charge is -1.85. The van der Waals surface area contributed by atoms with Crippen molar-refractivity contribution < 1.29 is 9.85 Å². The summed E-state index contributed by atoms with van der Waals surface area (Å²) in [4.78, 5) is 18.0. The number of hydrogen-bond acceptors (Lipinski definition) is 4. The zero-order chi connectivity index (χ0) is 12.6. The summed E-state index contributed by atoms with van der Waals surface area (Å²) in [6.07, 6.45) is 9.95. The third kappa shape index (κ3) is 4.72. The molecule has 0 N–H and O–H groups in total. The zero-order valence-corrected chi connectivity index (χ0v) is 7.68. The number of hydrogen-bond donors (Lipinski definition) is 0. The van der Waals surface area contributed by atoms with Crippen LogP contribution in [0.2, 0.25) is 0 Å². The van der Waals surface area contributed by atoms with Gasteiger partial charge in [0.15, 0.2) is 0 Å². The summed E-state index contributed by atoms with van der Waals surface area (Å²) in [6, 6.07) is 3.08. The molecule has 0 aromatic rings. The maximum Gasteiger partial charge on any atom is 0.296 e. The topological polar surface area (TPSA) is 86.3 Å². The van der Waals surface area contributed by atoms with Crippen LogP contribution >= 0.6 is 0 Å². The van der Waals surface area contributed by atoms with Crippen LogP contribution in [0.15, 0.2) is 11.1 Å². The average Bonchev–Trinajstić information content (AvgIpc) is 2.22. The minimum atomic E-state index is -0.924. The monoisotopic (exact) mass is 214 g/mol. The number of allylic oxidation sites excluding steroid dienone is 2. The van der Waals surface area contributed by atoms with Crippen molar-refractivity contribution in [1.82, 2.24) is 0 Å². The van der Waals surface area contributed by atoms with Crippen LogP contribution in [0.3, 0.4) is 0 Å². The van der Waals surface area contributed by atoms with E-state index < -0.39 is 9.85 Å². The first-order valence-electron chi connectivity index (χ1n) is 3.50. The molecule has 0 bridgehead atoms. The average molecular weight is 214 g/mol. The molecular formula is C10H2N2O4. The molecule has 0 radical (unpaired) electrons. The van der Waals surface area contributed by atoms with E-state index in [1.54, 1.807) is 0 Å². The van der Waals surface area contributed by atoms with E-state index in [1.165, 1.54) is 12.1 Å². The van der Waals surface area contributed by atoms with Crippen molar-refractivity contribution in [3.8, 4) is 48.6 Å². The van der Waals surface area contributed by atoms with Gasteiger partial charge in [-0.05, 0) is 0 Å². The molecule has 0 aliphatic heterocycles. The van der Waals surface area contributed by atoms with Crippen LogP contribution in [0.4, 0.5) is 0 Å². The van der Waals surface area contributed by atoms with Gasteiger partial charge in [0.25, 0.3) is 12.1 Å². The number of nitrogens with zero attached hydrogens (tertiary/aromatic N) is 2. The predicted molar refractivity (Wildman–Crippen MR) is 54.2 cm³/mol. The smallest absolute Gasteiger partial charge is 0.249 e. The molecule has 0 amide bonds. The van der Waals surface area contributed by atoms with Crippen molar-refractivity contribution in [3.05, 3.63) is 31.4 Å². The molecule has 0 rings (SSSR count). The molecule has 0 atom stereocenters. The van der Waals surface area contributed by atoms with Gasteiger partial charge >= 0.3 is 0 Å². The molecule has 6 nitrogen and oxygen atoms in total. The van der Waals surface area contributed by atoms with E-state index >= 15 is 0 Å². The highest BCUT2D eigenvalue weighted by Gasteiger charge is 1.99. The van der Waals surface area contributed by atoms with Crippen molar-refractivity contribution in [2.45, 2.75) is 0 Å². The fraction of sp³-hybridized carbons (Fsp3) is 0. The Bertz CT molecular complexity index is 512. The Kier molecular flexibility index (Phi) is 5.01. The van der Waals surface area contributed by atoms with Crippen molar-refractivity contribution in [3.63, 3.8) is 0 Å². The van der Waals surface area contributed by atoms with E-state index in [1.807, 2.05) is 23.7 Å². The SMILES string of the molecule is C#CC(C#C[N+](=O)[O-])=C(C#C)C#C[N+](=O)[O-]. The minimum absolute atomic E-state index is 0.242. The maximum atomic E-state index is 9.94. The van der Waals surface area contributed by atoms with Gasteiger partial charge in [0.05, 0.1) is 0 Å². The van der Waals surface area contributed by atoms with Crippen LogP contribution in [-0.2, 0) is 0 Å². The Labute approximate surface area is 90.6 Å². The molecular weight excluding hydrogens is 212 g/mol. The molecule has 0 fully saturated rings. The molecule has 0 heterocycles. The molecule has 0 unspecified atom stereocenters. The van der Waals surface area contributed by atoms with Gasteiger partial charge in [-0.3, -0.25) is 0 Å².